The highest BCUT2D eigenvalue weighted by Gasteiger charge is 2.52. The van der Waals surface area contributed by atoms with Crippen molar-refractivity contribution in [3.05, 3.63) is 0 Å². The molecule has 0 aliphatic carbocycles. The number of carbonyl (C=O) groups excluding carboxylic acids is 2. The summed E-state index contributed by atoms with van der Waals surface area (Å²) in [6.45, 7) is 1.55. The number of hydrogen-bond acceptors (Lipinski definition) is 3. The van der Waals surface area contributed by atoms with Crippen molar-refractivity contribution < 1.29 is 9.59 Å². The number of hydrogen-bond donors (Lipinski definition) is 1. The zero-order valence-corrected chi connectivity index (χ0v) is 7.54. The molecule has 2 aliphatic rings. The number of urea groups is 1. The predicted molar refractivity (Wildman–Crippen MR) is 45.1 cm³/mol. The number of amides is 3. The molecule has 0 atom stereocenters. The number of nitrogens with one attached hydrogen (secondary N) is 1. The van der Waals surface area contributed by atoms with Crippen molar-refractivity contribution in [1.82, 2.24) is 15.5 Å². The molecule has 2 rings (SSSR count). The molecule has 1 radical (unpaired) electrons. The predicted octanol–water partition coefficient (Wildman–Crippen LogP) is -0.695. The van der Waals surface area contributed by atoms with Crippen molar-refractivity contribution in [2.45, 2.75) is 18.4 Å². The van der Waals surface area contributed by atoms with Crippen LogP contribution in [-0.4, -0.2) is 42.5 Å². The van der Waals surface area contributed by atoms with Gasteiger partial charge in [0.2, 0.25) is 0 Å². The number of imide groups is 1. The summed E-state index contributed by atoms with van der Waals surface area (Å²) in [6, 6.07) is -0.396. The van der Waals surface area contributed by atoms with E-state index in [0.717, 1.165) is 13.1 Å². The first kappa shape index (κ1) is 8.50. The molecule has 3 amide bonds. The van der Waals surface area contributed by atoms with Crippen LogP contribution < -0.4 is 10.6 Å². The van der Waals surface area contributed by atoms with Gasteiger partial charge < -0.3 is 10.2 Å². The van der Waals surface area contributed by atoms with Crippen molar-refractivity contribution in [2.75, 3.05) is 20.1 Å². The highest BCUT2D eigenvalue weighted by atomic mass is 16.2. The molecule has 0 unspecified atom stereocenters. The monoisotopic (exact) mass is 182 g/mol. The molecule has 1 N–H and O–H groups in total. The van der Waals surface area contributed by atoms with Gasteiger partial charge in [0.15, 0.2) is 0 Å². The average Bonchev–Trinajstić information content (AvgIpc) is 2.34. The van der Waals surface area contributed by atoms with Gasteiger partial charge in [0, 0.05) is 7.05 Å². The first-order chi connectivity index (χ1) is 6.17. The SMILES string of the molecule is CN1C(=O)[N]C(=O)C12CCNCC2. The molecule has 1 spiro atoms. The van der Waals surface area contributed by atoms with Gasteiger partial charge in [0.25, 0.3) is 5.91 Å². The Hall–Kier alpha value is -1.10. The molecule has 0 saturated carbocycles. The maximum absolute atomic E-state index is 11.5. The van der Waals surface area contributed by atoms with Gasteiger partial charge in [0.05, 0.1) is 0 Å². The molecule has 2 saturated heterocycles. The Morgan fingerprint density at radius 3 is 2.46 bits per heavy atom. The van der Waals surface area contributed by atoms with Crippen LogP contribution in [0.15, 0.2) is 0 Å². The maximum atomic E-state index is 11.5. The van der Waals surface area contributed by atoms with Crippen molar-refractivity contribution in [2.24, 2.45) is 0 Å². The molecule has 5 nitrogen and oxygen atoms in total. The van der Waals surface area contributed by atoms with Crippen molar-refractivity contribution in [1.29, 1.82) is 0 Å². The lowest BCUT2D eigenvalue weighted by molar-refractivity contribution is -0.127. The number of piperidine rings is 1. The minimum absolute atomic E-state index is 0.262. The molecule has 2 fully saturated rings. The Bertz CT molecular complexity index is 258. The number of carbonyl (C=O) groups is 2. The highest BCUT2D eigenvalue weighted by Crippen LogP contribution is 2.29. The molecule has 0 bridgehead atoms. The lowest BCUT2D eigenvalue weighted by Gasteiger charge is -2.35. The van der Waals surface area contributed by atoms with E-state index in [0.29, 0.717) is 12.8 Å². The van der Waals surface area contributed by atoms with Crippen LogP contribution in [0.2, 0.25) is 0 Å². The standard InChI is InChI=1S/C8H12N3O2/c1-11-7(13)10-6(12)8(11)2-4-9-5-3-8/h9H,2-5H2,1H3. The number of rotatable bonds is 0. The number of nitrogens with zero attached hydrogens (tertiary/aromatic N) is 2. The minimum atomic E-state index is -0.623. The van der Waals surface area contributed by atoms with Crippen LogP contribution in [0.3, 0.4) is 0 Å². The van der Waals surface area contributed by atoms with Gasteiger partial charge in [-0.05, 0) is 25.9 Å². The lowest BCUT2D eigenvalue weighted by Crippen LogP contribution is -2.54. The van der Waals surface area contributed by atoms with Crippen LogP contribution in [0.25, 0.3) is 0 Å². The third-order valence-electron chi connectivity index (χ3n) is 2.95. The van der Waals surface area contributed by atoms with E-state index in [-0.39, 0.29) is 5.91 Å². The molecule has 0 aromatic heterocycles. The van der Waals surface area contributed by atoms with Crippen molar-refractivity contribution in [3.63, 3.8) is 0 Å². The van der Waals surface area contributed by atoms with E-state index in [1.54, 1.807) is 7.05 Å². The fourth-order valence-electron chi connectivity index (χ4n) is 1.98. The van der Waals surface area contributed by atoms with Gasteiger partial charge in [-0.15, -0.1) is 0 Å². The van der Waals surface area contributed by atoms with E-state index < -0.39 is 11.6 Å². The topological polar surface area (TPSA) is 63.5 Å². The van der Waals surface area contributed by atoms with Crippen molar-refractivity contribution >= 4 is 11.9 Å². The normalized spacial score (nSPS) is 26.7. The van der Waals surface area contributed by atoms with Crippen LogP contribution in [0.4, 0.5) is 4.79 Å². The van der Waals surface area contributed by atoms with Crippen LogP contribution in [0, 0.1) is 0 Å². The summed E-state index contributed by atoms with van der Waals surface area (Å²) in [5.74, 6) is -0.262. The third kappa shape index (κ3) is 1.03. The van der Waals surface area contributed by atoms with Crippen molar-refractivity contribution in [3.8, 4) is 0 Å². The summed E-state index contributed by atoms with van der Waals surface area (Å²) in [7, 11) is 1.65. The minimum Gasteiger partial charge on any atom is -0.317 e. The molecule has 5 heteroatoms. The summed E-state index contributed by atoms with van der Waals surface area (Å²) in [4.78, 5) is 24.2. The molecular formula is C8H12N3O2. The van der Waals surface area contributed by atoms with Crippen LogP contribution in [0.5, 0.6) is 0 Å². The third-order valence-corrected chi connectivity index (χ3v) is 2.95. The zero-order valence-electron chi connectivity index (χ0n) is 7.54. The van der Waals surface area contributed by atoms with Crippen LogP contribution >= 0.6 is 0 Å². The second-order valence-electron chi connectivity index (χ2n) is 3.54. The quantitative estimate of drug-likeness (QED) is 0.504. The molecule has 71 valence electrons. The van der Waals surface area contributed by atoms with E-state index in [4.69, 9.17) is 0 Å². The molecule has 2 heterocycles. The molecule has 13 heavy (non-hydrogen) atoms. The summed E-state index contributed by atoms with van der Waals surface area (Å²) < 4.78 is 0. The van der Waals surface area contributed by atoms with E-state index >= 15 is 0 Å². The van der Waals surface area contributed by atoms with Crippen LogP contribution in [0.1, 0.15) is 12.8 Å². The van der Waals surface area contributed by atoms with E-state index in [2.05, 4.69) is 10.6 Å². The second-order valence-corrected chi connectivity index (χ2v) is 3.54. The fourth-order valence-corrected chi connectivity index (χ4v) is 1.98. The Morgan fingerprint density at radius 2 is 2.00 bits per heavy atom. The van der Waals surface area contributed by atoms with E-state index in [1.165, 1.54) is 4.90 Å². The summed E-state index contributed by atoms with van der Waals surface area (Å²) >= 11 is 0. The summed E-state index contributed by atoms with van der Waals surface area (Å²) in [5, 5.41) is 6.63. The van der Waals surface area contributed by atoms with Gasteiger partial charge in [-0.3, -0.25) is 4.79 Å². The first-order valence-electron chi connectivity index (χ1n) is 4.41. The smallest absolute Gasteiger partial charge is 0.317 e. The zero-order chi connectivity index (χ0) is 9.47. The van der Waals surface area contributed by atoms with E-state index in [1.807, 2.05) is 0 Å². The Kier molecular flexibility index (Phi) is 1.76. The van der Waals surface area contributed by atoms with E-state index in [9.17, 15) is 9.59 Å². The van der Waals surface area contributed by atoms with Gasteiger partial charge in [-0.25, -0.2) is 4.79 Å². The van der Waals surface area contributed by atoms with Gasteiger partial charge >= 0.3 is 6.03 Å². The highest BCUT2D eigenvalue weighted by molar-refractivity contribution is 6.06. The summed E-state index contributed by atoms with van der Waals surface area (Å²) in [6.07, 6.45) is 1.36. The second kappa shape index (κ2) is 2.70. The Labute approximate surface area is 76.5 Å². The fraction of sp³-hybridized carbons (Fsp3) is 0.750. The molecule has 0 aromatic rings. The van der Waals surface area contributed by atoms with Gasteiger partial charge in [-0.2, -0.15) is 5.32 Å². The number of likely N-dealkylation sites (N-methyl/N-ethyl adjacent to an activating group) is 1. The lowest BCUT2D eigenvalue weighted by atomic mass is 9.87. The molecular weight excluding hydrogens is 170 g/mol. The van der Waals surface area contributed by atoms with Gasteiger partial charge in [-0.1, -0.05) is 0 Å². The Balaban J connectivity index is 2.28. The largest absolute Gasteiger partial charge is 0.347 e. The molecule has 2 aliphatic heterocycles. The molecule has 0 aromatic carbocycles. The van der Waals surface area contributed by atoms with Crippen LogP contribution in [-0.2, 0) is 4.79 Å². The maximum Gasteiger partial charge on any atom is 0.347 e. The summed E-state index contributed by atoms with van der Waals surface area (Å²) in [5.41, 5.74) is -0.623. The van der Waals surface area contributed by atoms with Gasteiger partial charge in [0.1, 0.15) is 5.54 Å². The first-order valence-corrected chi connectivity index (χ1v) is 4.41. The Morgan fingerprint density at radius 1 is 1.38 bits per heavy atom. The average molecular weight is 182 g/mol.